The molecule has 2 unspecified atom stereocenters. The third-order valence-electron chi connectivity index (χ3n) is 10.5. The summed E-state index contributed by atoms with van der Waals surface area (Å²) in [5.74, 6) is -0.887. The van der Waals surface area contributed by atoms with Crippen LogP contribution in [-0.2, 0) is 24.3 Å². The molecule has 0 saturated carbocycles. The molecule has 12 nitrogen and oxygen atoms in total. The number of carboxylic acid groups (broad SMARTS) is 1. The number of hydrogen-bond acceptors (Lipinski definition) is 7. The van der Waals surface area contributed by atoms with Gasteiger partial charge in [0.25, 0.3) is 10.0 Å². The molecule has 0 aliphatic rings. The van der Waals surface area contributed by atoms with Crippen molar-refractivity contribution in [2.45, 2.75) is 205 Å². The minimum absolute atomic E-state index is 0.0400. The number of carbonyl (C=O) groups excluding carboxylic acids is 1. The zero-order chi connectivity index (χ0) is 42.5. The molecule has 0 bridgehead atoms. The Bertz CT molecular complexity index is 1280. The Hall–Kier alpha value is -2.90. The Balaban J connectivity index is 2.49. The molecule has 0 radical (unpaired) electrons. The van der Waals surface area contributed by atoms with Gasteiger partial charge in [-0.3, -0.25) is 10.2 Å². The molecule has 6 N–H and O–H groups in total. The summed E-state index contributed by atoms with van der Waals surface area (Å²) in [6.07, 6.45) is 29.2. The molecule has 1 aromatic rings. The van der Waals surface area contributed by atoms with Gasteiger partial charge in [-0.25, -0.2) is 17.9 Å². The van der Waals surface area contributed by atoms with E-state index in [1.54, 1.807) is 12.1 Å². The maximum absolute atomic E-state index is 13.2. The van der Waals surface area contributed by atoms with Crippen LogP contribution in [0.3, 0.4) is 0 Å². The highest BCUT2D eigenvalue weighted by atomic mass is 32.2. The van der Waals surface area contributed by atoms with Crippen LogP contribution in [0.1, 0.15) is 186 Å². The number of hydrogen-bond donors (Lipinski definition) is 6. The molecule has 1 rings (SSSR count). The van der Waals surface area contributed by atoms with E-state index in [0.717, 1.165) is 31.2 Å². The Morgan fingerprint density at radius 2 is 1.14 bits per heavy atom. The van der Waals surface area contributed by atoms with Gasteiger partial charge in [0.05, 0.1) is 17.6 Å². The van der Waals surface area contributed by atoms with Crippen molar-refractivity contribution in [1.29, 1.82) is 5.41 Å². The molecule has 2 amide bonds. The Morgan fingerprint density at radius 1 is 0.672 bits per heavy atom. The summed E-state index contributed by atoms with van der Waals surface area (Å²) in [7, 11) is -3.93. The first-order valence-electron chi connectivity index (χ1n) is 23.0. The van der Waals surface area contributed by atoms with Gasteiger partial charge in [0.2, 0.25) is 11.9 Å². The number of benzene rings is 1. The van der Waals surface area contributed by atoms with Crippen molar-refractivity contribution in [3.63, 3.8) is 0 Å². The van der Waals surface area contributed by atoms with Crippen LogP contribution in [0.15, 0.2) is 29.2 Å². The maximum atomic E-state index is 13.2. The molecule has 336 valence electrons. The number of ether oxygens (including phenoxy) is 2. The number of sulfonamides is 1. The van der Waals surface area contributed by atoms with Crippen LogP contribution < -0.4 is 20.7 Å². The molecule has 0 saturated heterocycles. The van der Waals surface area contributed by atoms with Gasteiger partial charge in [-0.1, -0.05) is 173 Å². The van der Waals surface area contributed by atoms with E-state index in [4.69, 9.17) is 14.9 Å². The average molecular weight is 838 g/mol. The largest absolute Gasteiger partial charge is 0.465 e. The van der Waals surface area contributed by atoms with Gasteiger partial charge < -0.3 is 30.5 Å². The average Bonchev–Trinajstić information content (AvgIpc) is 3.19. The van der Waals surface area contributed by atoms with Crippen molar-refractivity contribution >= 4 is 28.0 Å². The lowest BCUT2D eigenvalue weighted by Gasteiger charge is -2.22. The van der Waals surface area contributed by atoms with E-state index in [0.29, 0.717) is 26.2 Å². The summed E-state index contributed by atoms with van der Waals surface area (Å²) >= 11 is 0. The molecular formula is C45H83N5O7S. The van der Waals surface area contributed by atoms with Crippen LogP contribution in [0, 0.1) is 12.3 Å². The molecule has 0 heterocycles. The second kappa shape index (κ2) is 36.0. The predicted octanol–water partition coefficient (Wildman–Crippen LogP) is 10.1. The summed E-state index contributed by atoms with van der Waals surface area (Å²) in [6.45, 7) is 8.25. The minimum Gasteiger partial charge on any atom is -0.465 e. The molecule has 0 spiro atoms. The number of aryl methyl sites for hydroxylation is 1. The zero-order valence-corrected chi connectivity index (χ0v) is 37.5. The minimum atomic E-state index is -3.93. The molecule has 1 aromatic carbocycles. The summed E-state index contributed by atoms with van der Waals surface area (Å²) in [4.78, 5) is 24.8. The smallest absolute Gasteiger partial charge is 0.405 e. The van der Waals surface area contributed by atoms with Crippen LogP contribution in [0.4, 0.5) is 4.79 Å². The molecule has 0 aromatic heterocycles. The molecular weight excluding hydrogens is 755 g/mol. The van der Waals surface area contributed by atoms with Crippen molar-refractivity contribution in [2.75, 3.05) is 32.9 Å². The first-order valence-corrected chi connectivity index (χ1v) is 24.5. The Kier molecular flexibility index (Phi) is 33.0. The highest BCUT2D eigenvalue weighted by Gasteiger charge is 2.22. The summed E-state index contributed by atoms with van der Waals surface area (Å²) in [6, 6.07) is 5.25. The van der Waals surface area contributed by atoms with E-state index in [1.807, 2.05) is 6.92 Å². The Labute approximate surface area is 353 Å². The van der Waals surface area contributed by atoms with Crippen molar-refractivity contribution in [2.24, 2.45) is 0 Å². The highest BCUT2D eigenvalue weighted by molar-refractivity contribution is 7.90. The first-order chi connectivity index (χ1) is 28.1. The fourth-order valence-corrected chi connectivity index (χ4v) is 7.79. The van der Waals surface area contributed by atoms with E-state index in [-0.39, 0.29) is 30.5 Å². The number of nitrogens with one attached hydrogen (secondary N) is 5. The number of carbonyl (C=O) groups is 2. The first kappa shape index (κ1) is 53.1. The number of amides is 2. The zero-order valence-electron chi connectivity index (χ0n) is 36.7. The van der Waals surface area contributed by atoms with Gasteiger partial charge in [-0.15, -0.1) is 0 Å². The lowest BCUT2D eigenvalue weighted by Crippen LogP contribution is -2.49. The van der Waals surface area contributed by atoms with Crippen molar-refractivity contribution in [1.82, 2.24) is 20.7 Å². The van der Waals surface area contributed by atoms with Gasteiger partial charge in [0.1, 0.15) is 6.04 Å². The van der Waals surface area contributed by atoms with Crippen LogP contribution in [0.2, 0.25) is 0 Å². The molecule has 58 heavy (non-hydrogen) atoms. The van der Waals surface area contributed by atoms with Gasteiger partial charge >= 0.3 is 6.09 Å². The molecule has 2 atom stereocenters. The Morgan fingerprint density at radius 3 is 1.62 bits per heavy atom. The fraction of sp³-hybridized carbons (Fsp3) is 0.800. The second-order valence-electron chi connectivity index (χ2n) is 16.0. The van der Waals surface area contributed by atoms with Crippen molar-refractivity contribution < 1.29 is 32.6 Å². The fourth-order valence-electron chi connectivity index (χ4n) is 6.84. The number of rotatable bonds is 39. The SMILES string of the molecule is CCCCCCCCCCCCCCOCC(CNC(=O)C(CCCNC(=N)NS(=O)(=O)c1ccc(C)cc1)NC(=O)O)OCCCCCCCCCCCCCC. The maximum Gasteiger partial charge on any atom is 0.405 e. The van der Waals surface area contributed by atoms with E-state index >= 15 is 0 Å². The predicted molar refractivity (Wildman–Crippen MR) is 237 cm³/mol. The third-order valence-corrected chi connectivity index (χ3v) is 11.8. The van der Waals surface area contributed by atoms with Crippen LogP contribution >= 0.6 is 0 Å². The van der Waals surface area contributed by atoms with Gasteiger partial charge in [-0.2, -0.15) is 0 Å². The molecule has 0 aliphatic carbocycles. The normalized spacial score (nSPS) is 12.5. The van der Waals surface area contributed by atoms with E-state index in [9.17, 15) is 23.1 Å². The second-order valence-corrected chi connectivity index (χ2v) is 17.6. The summed E-state index contributed by atoms with van der Waals surface area (Å²) in [5.41, 5.74) is 0.914. The lowest BCUT2D eigenvalue weighted by molar-refractivity contribution is -0.124. The van der Waals surface area contributed by atoms with E-state index in [2.05, 4.69) is 34.5 Å². The van der Waals surface area contributed by atoms with Crippen molar-refractivity contribution in [3.8, 4) is 0 Å². The summed E-state index contributed by atoms with van der Waals surface area (Å²) < 4.78 is 39.6. The van der Waals surface area contributed by atoms with Crippen LogP contribution in [0.5, 0.6) is 0 Å². The van der Waals surface area contributed by atoms with E-state index in [1.165, 1.54) is 141 Å². The summed E-state index contributed by atoms with van der Waals surface area (Å²) in [5, 5.41) is 25.3. The van der Waals surface area contributed by atoms with E-state index < -0.39 is 34.0 Å². The lowest BCUT2D eigenvalue weighted by atomic mass is 10.1. The molecule has 0 aliphatic heterocycles. The third kappa shape index (κ3) is 30.2. The number of guanidine groups is 1. The van der Waals surface area contributed by atoms with Gasteiger partial charge in [0, 0.05) is 26.3 Å². The van der Waals surface area contributed by atoms with Crippen LogP contribution in [0.25, 0.3) is 0 Å². The standard InChI is InChI=1S/C45H83N5O7S/c1-4-6-8-10-12-14-16-18-20-22-24-26-35-56-38-40(57-36-27-25-23-21-19-17-15-13-11-9-7-5-2)37-48-43(51)42(49-45(52)53)29-28-34-47-44(46)50-58(54,55)41-32-30-39(3)31-33-41/h30-33,40,42,49H,4-29,34-38H2,1-3H3,(H,48,51)(H,52,53)(H3,46,47,50). The van der Waals surface area contributed by atoms with Gasteiger partial charge in [0.15, 0.2) is 0 Å². The topological polar surface area (TPSA) is 179 Å². The van der Waals surface area contributed by atoms with Gasteiger partial charge in [-0.05, 0) is 44.7 Å². The monoisotopic (exact) mass is 838 g/mol. The molecule has 13 heteroatoms. The quantitative estimate of drug-likeness (QED) is 0.0215. The molecule has 0 fully saturated rings. The number of unbranched alkanes of at least 4 members (excludes halogenated alkanes) is 22. The van der Waals surface area contributed by atoms with Crippen LogP contribution in [-0.4, -0.2) is 76.5 Å². The highest BCUT2D eigenvalue weighted by Crippen LogP contribution is 2.14. The van der Waals surface area contributed by atoms with Crippen molar-refractivity contribution in [3.05, 3.63) is 29.8 Å².